The van der Waals surface area contributed by atoms with Gasteiger partial charge in [0.15, 0.2) is 0 Å². The lowest BCUT2D eigenvalue weighted by Crippen LogP contribution is -2.40. The third-order valence-electron chi connectivity index (χ3n) is 9.54. The van der Waals surface area contributed by atoms with Gasteiger partial charge < -0.3 is 24.7 Å². The van der Waals surface area contributed by atoms with Crippen molar-refractivity contribution in [1.29, 1.82) is 5.26 Å². The second-order valence-electron chi connectivity index (χ2n) is 12.1. The first-order valence-corrected chi connectivity index (χ1v) is 16.4. The van der Waals surface area contributed by atoms with Gasteiger partial charge in [0.1, 0.15) is 0 Å². The van der Waals surface area contributed by atoms with Crippen LogP contribution in [0.15, 0.2) is 41.2 Å². The Morgan fingerprint density at radius 3 is 2.36 bits per heavy atom. The highest BCUT2D eigenvalue weighted by atomic mass is 35.5. The average Bonchev–Trinajstić information content (AvgIpc) is 3.06. The topological polar surface area (TPSA) is 107 Å². The summed E-state index contributed by atoms with van der Waals surface area (Å²) in [5.74, 6) is -0.329. The van der Waals surface area contributed by atoms with Crippen molar-refractivity contribution in [3.05, 3.63) is 85.3 Å². The zero-order valence-corrected chi connectivity index (χ0v) is 27.5. The molecule has 3 heterocycles. The van der Waals surface area contributed by atoms with Crippen LogP contribution in [-0.4, -0.2) is 49.9 Å². The molecule has 45 heavy (non-hydrogen) atoms. The van der Waals surface area contributed by atoms with Crippen molar-refractivity contribution in [2.24, 2.45) is 0 Å². The second kappa shape index (κ2) is 14.2. The Kier molecular flexibility index (Phi) is 10.3. The molecule has 0 spiro atoms. The highest BCUT2D eigenvalue weighted by Gasteiger charge is 2.35. The lowest BCUT2D eigenvalue weighted by molar-refractivity contribution is 0.0675. The summed E-state index contributed by atoms with van der Waals surface area (Å²) in [4.78, 5) is 32.0. The van der Waals surface area contributed by atoms with Gasteiger partial charge >= 0.3 is 0 Å². The minimum atomic E-state index is -0.572. The number of carbonyl (C=O) groups excluding carboxylic acids is 1. The summed E-state index contributed by atoms with van der Waals surface area (Å²) in [7, 11) is 0. The highest BCUT2D eigenvalue weighted by Crippen LogP contribution is 2.41. The molecule has 2 fully saturated rings. The molecule has 238 valence electrons. The lowest BCUT2D eigenvalue weighted by Gasteiger charge is -2.37. The van der Waals surface area contributed by atoms with E-state index in [-0.39, 0.29) is 24.1 Å². The van der Waals surface area contributed by atoms with Gasteiger partial charge in [-0.15, -0.1) is 0 Å². The van der Waals surface area contributed by atoms with Crippen molar-refractivity contribution in [3.8, 4) is 17.2 Å². The van der Waals surface area contributed by atoms with Crippen LogP contribution in [0, 0.1) is 25.2 Å². The number of hydrogen-bond donors (Lipinski definition) is 2. The summed E-state index contributed by atoms with van der Waals surface area (Å²) in [5.41, 5.74) is 6.19. The number of nitrogens with one attached hydrogen (secondary N) is 2. The van der Waals surface area contributed by atoms with Crippen molar-refractivity contribution in [2.75, 3.05) is 37.9 Å². The SMILES string of the molecule is CCc1cc(C)c(CNC(=O)c2c(C)c(N(CC)C3CCOCC3)cc(-c3ccc(C4(C#N)CCOCC4)cc3)c2Cl)c(=O)[nH]1. The van der Waals surface area contributed by atoms with Crippen LogP contribution in [-0.2, 0) is 27.9 Å². The number of nitriles is 1. The Morgan fingerprint density at radius 2 is 1.76 bits per heavy atom. The standard InChI is InChI=1S/C36H43ClN4O4/c1-5-27-19-23(3)30(34(42)40-27)21-39-35(43)32-24(4)31(41(6-2)28-11-15-44-16-12-28)20-29(33(32)37)25-7-9-26(10-8-25)36(22-38)13-17-45-18-14-36/h7-10,19-20,28H,5-6,11-18,21H2,1-4H3,(H,39,43)(H,40,42). The molecule has 9 heteroatoms. The van der Waals surface area contributed by atoms with Crippen LogP contribution in [0.3, 0.4) is 0 Å². The van der Waals surface area contributed by atoms with Crippen molar-refractivity contribution in [3.63, 3.8) is 0 Å². The fourth-order valence-electron chi connectivity index (χ4n) is 6.74. The van der Waals surface area contributed by atoms with Crippen LogP contribution in [0.25, 0.3) is 11.1 Å². The molecule has 0 radical (unpaired) electrons. The Morgan fingerprint density at radius 1 is 1.09 bits per heavy atom. The molecule has 1 amide bonds. The number of aryl methyl sites for hydroxylation is 2. The number of halogens is 1. The van der Waals surface area contributed by atoms with E-state index in [1.807, 2.05) is 51.1 Å². The normalized spacial score (nSPS) is 16.6. The Balaban J connectivity index is 1.56. The van der Waals surface area contributed by atoms with Crippen LogP contribution >= 0.6 is 11.6 Å². The number of ether oxygens (including phenoxy) is 2. The van der Waals surface area contributed by atoms with Crippen LogP contribution in [0.1, 0.15) is 77.8 Å². The van der Waals surface area contributed by atoms with E-state index in [0.717, 1.165) is 65.0 Å². The van der Waals surface area contributed by atoms with Gasteiger partial charge in [-0.1, -0.05) is 42.8 Å². The molecule has 2 N–H and O–H groups in total. The van der Waals surface area contributed by atoms with E-state index in [1.165, 1.54) is 0 Å². The van der Waals surface area contributed by atoms with E-state index in [4.69, 9.17) is 21.1 Å². The predicted octanol–water partition coefficient (Wildman–Crippen LogP) is 6.38. The van der Waals surface area contributed by atoms with Crippen LogP contribution in [0.5, 0.6) is 0 Å². The van der Waals surface area contributed by atoms with Gasteiger partial charge in [0.25, 0.3) is 11.5 Å². The molecule has 3 aromatic rings. The molecular weight excluding hydrogens is 588 g/mol. The predicted molar refractivity (Wildman–Crippen MR) is 178 cm³/mol. The number of rotatable bonds is 9. The van der Waals surface area contributed by atoms with Gasteiger partial charge in [-0.05, 0) is 87.3 Å². The molecule has 2 saturated heterocycles. The minimum absolute atomic E-state index is 0.0887. The number of amides is 1. The maximum absolute atomic E-state index is 14.0. The number of carbonyl (C=O) groups is 1. The van der Waals surface area contributed by atoms with Crippen molar-refractivity contribution in [2.45, 2.75) is 77.8 Å². The maximum atomic E-state index is 14.0. The summed E-state index contributed by atoms with van der Waals surface area (Å²) in [6.07, 6.45) is 3.83. The number of pyridine rings is 1. The highest BCUT2D eigenvalue weighted by molar-refractivity contribution is 6.37. The number of hydrogen-bond acceptors (Lipinski definition) is 6. The Hall–Kier alpha value is -3.64. The first-order chi connectivity index (χ1) is 21.7. The van der Waals surface area contributed by atoms with Gasteiger partial charge in [-0.3, -0.25) is 9.59 Å². The summed E-state index contributed by atoms with van der Waals surface area (Å²) in [6, 6.07) is 14.9. The van der Waals surface area contributed by atoms with Gasteiger partial charge in [0.05, 0.1) is 22.1 Å². The third kappa shape index (κ3) is 6.67. The number of benzene rings is 2. The van der Waals surface area contributed by atoms with Gasteiger partial charge in [-0.2, -0.15) is 5.26 Å². The molecular formula is C36H43ClN4O4. The van der Waals surface area contributed by atoms with E-state index >= 15 is 0 Å². The van der Waals surface area contributed by atoms with E-state index in [0.29, 0.717) is 55.4 Å². The fraction of sp³-hybridized carbons (Fsp3) is 0.472. The number of nitrogens with zero attached hydrogens (tertiary/aromatic N) is 2. The van der Waals surface area contributed by atoms with Crippen molar-refractivity contribution >= 4 is 23.2 Å². The van der Waals surface area contributed by atoms with Crippen LogP contribution in [0.2, 0.25) is 5.02 Å². The summed E-state index contributed by atoms with van der Waals surface area (Å²) in [6.45, 7) is 11.3. The molecule has 8 nitrogen and oxygen atoms in total. The molecule has 0 bridgehead atoms. The lowest BCUT2D eigenvalue weighted by atomic mass is 9.75. The number of H-pyrrole nitrogens is 1. The number of anilines is 1. The first-order valence-electron chi connectivity index (χ1n) is 16.0. The number of aromatic amines is 1. The first kappa shape index (κ1) is 32.7. The van der Waals surface area contributed by atoms with Gasteiger partial charge in [0, 0.05) is 68.1 Å². The van der Waals surface area contributed by atoms with Crippen molar-refractivity contribution in [1.82, 2.24) is 10.3 Å². The molecule has 2 aromatic carbocycles. The van der Waals surface area contributed by atoms with E-state index in [1.54, 1.807) is 0 Å². The zero-order valence-electron chi connectivity index (χ0n) is 26.7. The molecule has 0 unspecified atom stereocenters. The summed E-state index contributed by atoms with van der Waals surface area (Å²) < 4.78 is 11.2. The van der Waals surface area contributed by atoms with Gasteiger partial charge in [0.2, 0.25) is 0 Å². The second-order valence-corrected chi connectivity index (χ2v) is 12.5. The average molecular weight is 631 g/mol. The van der Waals surface area contributed by atoms with Crippen LogP contribution in [0.4, 0.5) is 5.69 Å². The third-order valence-corrected chi connectivity index (χ3v) is 9.93. The summed E-state index contributed by atoms with van der Waals surface area (Å²) in [5, 5.41) is 13.4. The van der Waals surface area contributed by atoms with Crippen molar-refractivity contribution < 1.29 is 14.3 Å². The monoisotopic (exact) mass is 630 g/mol. The Labute approximate surface area is 270 Å². The number of aromatic nitrogens is 1. The summed E-state index contributed by atoms with van der Waals surface area (Å²) >= 11 is 7.14. The molecule has 2 aliphatic rings. The minimum Gasteiger partial charge on any atom is -0.381 e. The molecule has 5 rings (SSSR count). The largest absolute Gasteiger partial charge is 0.381 e. The van der Waals surface area contributed by atoms with E-state index in [9.17, 15) is 14.9 Å². The Bertz CT molecular complexity index is 1630. The smallest absolute Gasteiger partial charge is 0.253 e. The molecule has 1 aromatic heterocycles. The molecule has 0 aliphatic carbocycles. The van der Waals surface area contributed by atoms with E-state index < -0.39 is 5.41 Å². The van der Waals surface area contributed by atoms with Gasteiger partial charge in [-0.25, -0.2) is 0 Å². The van der Waals surface area contributed by atoms with E-state index in [2.05, 4.69) is 34.3 Å². The maximum Gasteiger partial charge on any atom is 0.253 e. The molecule has 0 saturated carbocycles. The fourth-order valence-corrected chi connectivity index (χ4v) is 7.13. The molecule has 0 atom stereocenters. The molecule has 2 aliphatic heterocycles. The zero-order chi connectivity index (χ0) is 32.1. The quantitative estimate of drug-likeness (QED) is 0.284. The van der Waals surface area contributed by atoms with Crippen LogP contribution < -0.4 is 15.8 Å².